The average molecular weight is 705 g/mol. The van der Waals surface area contributed by atoms with E-state index >= 15 is 4.39 Å². The first-order valence-electron chi connectivity index (χ1n) is 15.5. The predicted molar refractivity (Wildman–Crippen MR) is 172 cm³/mol. The fourth-order valence-electron chi connectivity index (χ4n) is 6.55. The highest BCUT2D eigenvalue weighted by molar-refractivity contribution is 7.98. The van der Waals surface area contributed by atoms with Crippen LogP contribution in [0.4, 0.5) is 8.78 Å². The molecule has 3 aromatic rings. The third kappa shape index (κ3) is 5.81. The van der Waals surface area contributed by atoms with E-state index in [0.717, 1.165) is 27.3 Å². The highest BCUT2D eigenvalue weighted by Gasteiger charge is 2.48. The van der Waals surface area contributed by atoms with Gasteiger partial charge in [0.2, 0.25) is 11.2 Å². The summed E-state index contributed by atoms with van der Waals surface area (Å²) < 4.78 is 62.9. The number of hydrogen-bond acceptors (Lipinski definition) is 9. The maximum absolute atomic E-state index is 15.5. The number of carbonyl (C=O) groups excluding carboxylic acids is 2. The lowest BCUT2D eigenvalue weighted by molar-refractivity contribution is -0.148. The molecule has 1 amide bonds. The minimum absolute atomic E-state index is 0.0345. The average Bonchev–Trinajstić information content (AvgIpc) is 3.21. The summed E-state index contributed by atoms with van der Waals surface area (Å²) in [5.41, 5.74) is 0.0943. The third-order valence-corrected chi connectivity index (χ3v) is 11.5. The lowest BCUT2D eigenvalue weighted by Gasteiger charge is -2.51. The molecule has 0 radical (unpaired) electrons. The van der Waals surface area contributed by atoms with Crippen molar-refractivity contribution in [2.24, 2.45) is 0 Å². The molecule has 4 heterocycles. The molecular weight excluding hydrogens is 669 g/mol. The number of ether oxygens (including phenoxy) is 2. The smallest absolute Gasteiger partial charge is 0.460 e. The summed E-state index contributed by atoms with van der Waals surface area (Å²) in [6.07, 6.45) is 0.561. The lowest BCUT2D eigenvalue weighted by atomic mass is 9.93. The molecule has 1 N–H and O–H groups in total. The quantitative estimate of drug-likeness (QED) is 0.264. The molecule has 2 aromatic carbocycles. The van der Waals surface area contributed by atoms with E-state index in [0.29, 0.717) is 5.56 Å². The Balaban J connectivity index is 1.56. The molecule has 4 atom stereocenters. The SMILES string of the molecule is CCOC(=O)[C@H](C)N(C(C)C)P(=O)(O)Oc1c2n(ccc1=O)N([C@@H]1c3ccccc3SCc3c1ccc(F)c3F)[C@@H]1COCCN1C2=O. The van der Waals surface area contributed by atoms with E-state index in [4.69, 9.17) is 14.0 Å². The number of fused-ring (bicyclic) bond motifs is 4. The zero-order chi connectivity index (χ0) is 34.5. The number of rotatable bonds is 8. The van der Waals surface area contributed by atoms with Gasteiger partial charge in [-0.15, -0.1) is 11.8 Å². The number of halogens is 2. The Bertz CT molecular complexity index is 1880. The summed E-state index contributed by atoms with van der Waals surface area (Å²) in [5, 5.41) is 1.73. The van der Waals surface area contributed by atoms with Crippen LogP contribution in [0.1, 0.15) is 60.9 Å². The van der Waals surface area contributed by atoms with E-state index < -0.39 is 66.7 Å². The first-order valence-corrected chi connectivity index (χ1v) is 18.0. The van der Waals surface area contributed by atoms with Crippen molar-refractivity contribution in [3.63, 3.8) is 0 Å². The van der Waals surface area contributed by atoms with E-state index in [1.165, 1.54) is 40.5 Å². The normalized spacial score (nSPS) is 20.6. The van der Waals surface area contributed by atoms with Gasteiger partial charge < -0.3 is 23.8 Å². The van der Waals surface area contributed by atoms with E-state index in [9.17, 15) is 28.2 Å². The van der Waals surface area contributed by atoms with Crippen molar-refractivity contribution in [2.45, 2.75) is 62.6 Å². The molecule has 0 spiro atoms. The van der Waals surface area contributed by atoms with Gasteiger partial charge in [0.25, 0.3) is 5.91 Å². The molecule has 3 aliphatic rings. The van der Waals surface area contributed by atoms with Crippen molar-refractivity contribution >= 4 is 31.4 Å². The van der Waals surface area contributed by atoms with E-state index in [-0.39, 0.29) is 43.4 Å². The number of aromatic nitrogens is 1. The van der Waals surface area contributed by atoms with Crippen LogP contribution in [-0.4, -0.2) is 75.6 Å². The standard InChI is InChI=1S/C32H35F2N4O8PS/c1-5-45-32(41)19(4)38(18(2)3)47(42,43)46-30-24(39)12-13-36-29(30)31(40)35-14-15-44-16-26(35)37(36)28-20-10-11-23(33)27(34)22(20)17-48-25-9-7-6-8-21(25)28/h6-13,18-19,26,28H,5,14-17H2,1-4H3,(H,42,43)/t19-,26+,28-/m0/s1. The number of esters is 1. The largest absolute Gasteiger partial charge is 0.465 e. The Morgan fingerprint density at radius 3 is 2.62 bits per heavy atom. The minimum Gasteiger partial charge on any atom is -0.465 e. The zero-order valence-electron chi connectivity index (χ0n) is 26.7. The molecule has 16 heteroatoms. The summed E-state index contributed by atoms with van der Waals surface area (Å²) in [5.74, 6) is -4.00. The molecule has 0 aliphatic carbocycles. The van der Waals surface area contributed by atoms with Crippen LogP contribution in [0.15, 0.2) is 58.4 Å². The molecule has 0 bridgehead atoms. The molecule has 12 nitrogen and oxygen atoms in total. The van der Waals surface area contributed by atoms with Gasteiger partial charge in [0.1, 0.15) is 12.2 Å². The lowest BCUT2D eigenvalue weighted by Crippen LogP contribution is -2.66. The molecule has 256 valence electrons. The molecule has 3 aliphatic heterocycles. The second kappa shape index (κ2) is 13.3. The topological polar surface area (TPSA) is 131 Å². The Hall–Kier alpha value is -3.75. The molecule has 0 saturated carbocycles. The van der Waals surface area contributed by atoms with Crippen molar-refractivity contribution in [1.29, 1.82) is 0 Å². The minimum atomic E-state index is -5.02. The van der Waals surface area contributed by atoms with Gasteiger partial charge in [-0.2, -0.15) is 4.67 Å². The number of carbonyl (C=O) groups is 2. The summed E-state index contributed by atoms with van der Waals surface area (Å²) in [6.45, 7) is 6.47. The number of morpholine rings is 1. The van der Waals surface area contributed by atoms with Gasteiger partial charge in [0, 0.05) is 41.1 Å². The maximum Gasteiger partial charge on any atom is 0.460 e. The number of benzene rings is 2. The van der Waals surface area contributed by atoms with Gasteiger partial charge in [0.15, 0.2) is 17.3 Å². The summed E-state index contributed by atoms with van der Waals surface area (Å²) in [4.78, 5) is 54.0. The van der Waals surface area contributed by atoms with Gasteiger partial charge in [-0.3, -0.25) is 24.1 Å². The number of nitrogens with zero attached hydrogens (tertiary/aromatic N) is 4. The van der Waals surface area contributed by atoms with Crippen LogP contribution < -0.4 is 15.0 Å². The Morgan fingerprint density at radius 1 is 1.15 bits per heavy atom. The molecule has 1 saturated heterocycles. The van der Waals surface area contributed by atoms with E-state index in [2.05, 4.69) is 0 Å². The van der Waals surface area contributed by atoms with Crippen molar-refractivity contribution in [1.82, 2.24) is 14.2 Å². The van der Waals surface area contributed by atoms with Crippen molar-refractivity contribution < 1.29 is 41.8 Å². The first-order chi connectivity index (χ1) is 22.9. The maximum atomic E-state index is 15.5. The number of hydrogen-bond donors (Lipinski definition) is 1. The van der Waals surface area contributed by atoms with Crippen molar-refractivity contribution in [3.05, 3.63) is 92.9 Å². The molecule has 1 fully saturated rings. The van der Waals surface area contributed by atoms with Crippen molar-refractivity contribution in [3.8, 4) is 5.75 Å². The van der Waals surface area contributed by atoms with Gasteiger partial charge in [-0.1, -0.05) is 24.3 Å². The Kier molecular flexibility index (Phi) is 9.44. The van der Waals surface area contributed by atoms with E-state index in [1.807, 2.05) is 24.3 Å². The summed E-state index contributed by atoms with van der Waals surface area (Å²) >= 11 is 1.34. The van der Waals surface area contributed by atoms with E-state index in [1.54, 1.807) is 25.8 Å². The van der Waals surface area contributed by atoms with Gasteiger partial charge in [-0.25, -0.2) is 13.3 Å². The fraction of sp³-hybridized carbons (Fsp3) is 0.406. The van der Waals surface area contributed by atoms with Crippen LogP contribution in [-0.2, 0) is 24.6 Å². The molecular formula is C32H35F2N4O8PS. The van der Waals surface area contributed by atoms with Crippen LogP contribution in [0.3, 0.4) is 0 Å². The van der Waals surface area contributed by atoms with Crippen LogP contribution >= 0.6 is 19.5 Å². The van der Waals surface area contributed by atoms with Crippen LogP contribution in [0, 0.1) is 11.6 Å². The zero-order valence-corrected chi connectivity index (χ0v) is 28.4. The van der Waals surface area contributed by atoms with Crippen LogP contribution in [0.5, 0.6) is 5.75 Å². The molecule has 6 rings (SSSR count). The summed E-state index contributed by atoms with van der Waals surface area (Å²) in [6, 6.07) is 8.20. The predicted octanol–water partition coefficient (Wildman–Crippen LogP) is 4.41. The fourth-order valence-corrected chi connectivity index (χ4v) is 9.29. The highest BCUT2D eigenvalue weighted by atomic mass is 32.2. The Labute approximate surface area is 279 Å². The Morgan fingerprint density at radius 2 is 1.90 bits per heavy atom. The van der Waals surface area contributed by atoms with Crippen LogP contribution in [0.2, 0.25) is 0 Å². The number of thioether (sulfide) groups is 1. The summed E-state index contributed by atoms with van der Waals surface area (Å²) in [7, 11) is -5.02. The second-order valence-electron chi connectivity index (χ2n) is 11.8. The van der Waals surface area contributed by atoms with Gasteiger partial charge in [-0.05, 0) is 51.0 Å². The van der Waals surface area contributed by atoms with Gasteiger partial charge in [0.05, 0.1) is 25.9 Å². The monoisotopic (exact) mass is 704 g/mol. The van der Waals surface area contributed by atoms with Gasteiger partial charge >= 0.3 is 13.7 Å². The number of pyridine rings is 1. The highest BCUT2D eigenvalue weighted by Crippen LogP contribution is 2.51. The number of amides is 1. The molecule has 1 aromatic heterocycles. The second-order valence-corrected chi connectivity index (χ2v) is 14.4. The molecule has 48 heavy (non-hydrogen) atoms. The van der Waals surface area contributed by atoms with Crippen LogP contribution in [0.25, 0.3) is 0 Å². The van der Waals surface area contributed by atoms with Crippen molar-refractivity contribution in [2.75, 3.05) is 31.4 Å². The third-order valence-electron chi connectivity index (χ3n) is 8.59. The molecule has 1 unspecified atom stereocenters. The first kappa shape index (κ1) is 34.1.